The molecule has 3 rings (SSSR count). The number of hydrogen-bond donors (Lipinski definition) is 0. The Hall–Kier alpha value is -2.23. The van der Waals surface area contributed by atoms with Crippen LogP contribution < -0.4 is 9.80 Å². The topological polar surface area (TPSA) is 30.3 Å². The molecule has 1 aliphatic heterocycles. The number of nitrogens with zero attached hydrogens (tertiary/aromatic N) is 3. The maximum absolute atomic E-state index is 14.7. The lowest BCUT2D eigenvalue weighted by Gasteiger charge is -2.31. The van der Waals surface area contributed by atoms with Crippen molar-refractivity contribution in [3.05, 3.63) is 58.1 Å². The first-order valence-corrected chi connectivity index (χ1v) is 8.71. The minimum Gasteiger partial charge on any atom is -0.342 e. The molecule has 0 N–H and O–H groups in total. The van der Waals surface area contributed by atoms with Crippen LogP contribution >= 0.6 is 23.8 Å². The van der Waals surface area contributed by atoms with Gasteiger partial charge in [0.1, 0.15) is 16.9 Å². The van der Waals surface area contributed by atoms with Gasteiger partial charge in [-0.05, 0) is 50.6 Å². The predicted octanol–water partition coefficient (Wildman–Crippen LogP) is 5.19. The molecule has 3 nitrogen and oxygen atoms in total. The van der Waals surface area contributed by atoms with Crippen molar-refractivity contribution >= 4 is 40.2 Å². The van der Waals surface area contributed by atoms with Gasteiger partial charge in [0.05, 0.1) is 28.5 Å². The van der Waals surface area contributed by atoms with Gasteiger partial charge >= 0.3 is 0 Å². The number of halogens is 3. The summed E-state index contributed by atoms with van der Waals surface area (Å²) >= 11 is 11.5. The van der Waals surface area contributed by atoms with Crippen LogP contribution in [0.5, 0.6) is 0 Å². The molecule has 0 amide bonds. The molecule has 0 bridgehead atoms. The van der Waals surface area contributed by atoms with E-state index in [1.807, 2.05) is 30.9 Å². The van der Waals surface area contributed by atoms with E-state index in [1.165, 1.54) is 18.2 Å². The lowest BCUT2D eigenvalue weighted by atomic mass is 10.0. The maximum Gasteiger partial charge on any atom is 0.166 e. The van der Waals surface area contributed by atoms with E-state index in [0.29, 0.717) is 16.2 Å². The molecule has 134 valence electrons. The molecular weight excluding hydrogens is 376 g/mol. The first-order chi connectivity index (χ1) is 12.2. The standard InChI is InChI=1S/C19H16ClF2N3S/c1-11-4-6-13(8-14(11)21)25-10-24(18(26)19(25,2)3)15-7-5-12(9-23)16(20)17(15)22/h4-8H,10H2,1-3H3. The van der Waals surface area contributed by atoms with Gasteiger partial charge in [0.25, 0.3) is 0 Å². The highest BCUT2D eigenvalue weighted by atomic mass is 35.5. The summed E-state index contributed by atoms with van der Waals surface area (Å²) in [6, 6.07) is 9.77. The summed E-state index contributed by atoms with van der Waals surface area (Å²) in [5.74, 6) is -1.00. The SMILES string of the molecule is Cc1ccc(N2CN(c3ccc(C#N)c(Cl)c3F)C(=S)C2(C)C)cc1F. The smallest absolute Gasteiger partial charge is 0.166 e. The van der Waals surface area contributed by atoms with E-state index >= 15 is 0 Å². The van der Waals surface area contributed by atoms with Crippen LogP contribution in [0.25, 0.3) is 0 Å². The summed E-state index contributed by atoms with van der Waals surface area (Å²) in [7, 11) is 0. The van der Waals surface area contributed by atoms with Crippen molar-refractivity contribution in [2.24, 2.45) is 0 Å². The molecule has 0 atom stereocenters. The van der Waals surface area contributed by atoms with Crippen molar-refractivity contribution in [1.82, 2.24) is 0 Å². The van der Waals surface area contributed by atoms with E-state index in [9.17, 15) is 8.78 Å². The van der Waals surface area contributed by atoms with Gasteiger partial charge in [-0.25, -0.2) is 8.78 Å². The molecule has 2 aromatic rings. The van der Waals surface area contributed by atoms with Crippen LogP contribution in [-0.2, 0) is 0 Å². The Balaban J connectivity index is 2.05. The van der Waals surface area contributed by atoms with Gasteiger partial charge in [0, 0.05) is 5.69 Å². The zero-order valence-electron chi connectivity index (χ0n) is 14.5. The molecule has 0 saturated carbocycles. The number of aryl methyl sites for hydroxylation is 1. The fraction of sp³-hybridized carbons (Fsp3) is 0.263. The van der Waals surface area contributed by atoms with Crippen LogP contribution in [0.3, 0.4) is 0 Å². The second-order valence-corrected chi connectivity index (χ2v) is 7.43. The van der Waals surface area contributed by atoms with E-state index in [0.717, 1.165) is 0 Å². The third-order valence-electron chi connectivity index (χ3n) is 4.67. The van der Waals surface area contributed by atoms with Crippen molar-refractivity contribution in [3.8, 4) is 6.07 Å². The third kappa shape index (κ3) is 2.81. The first-order valence-electron chi connectivity index (χ1n) is 7.92. The molecule has 0 aromatic heterocycles. The Labute approximate surface area is 161 Å². The summed E-state index contributed by atoms with van der Waals surface area (Å²) in [6.07, 6.45) is 0. The Morgan fingerprint density at radius 2 is 1.92 bits per heavy atom. The van der Waals surface area contributed by atoms with Gasteiger partial charge in [-0.2, -0.15) is 5.26 Å². The average Bonchev–Trinajstić information content (AvgIpc) is 2.83. The monoisotopic (exact) mass is 391 g/mol. The predicted molar refractivity (Wildman–Crippen MR) is 104 cm³/mol. The maximum atomic E-state index is 14.7. The zero-order valence-corrected chi connectivity index (χ0v) is 16.1. The molecule has 26 heavy (non-hydrogen) atoms. The van der Waals surface area contributed by atoms with Crippen molar-refractivity contribution in [2.45, 2.75) is 26.3 Å². The Bertz CT molecular complexity index is 953. The van der Waals surface area contributed by atoms with Crippen LogP contribution in [0.2, 0.25) is 5.02 Å². The van der Waals surface area contributed by atoms with Crippen molar-refractivity contribution in [3.63, 3.8) is 0 Å². The van der Waals surface area contributed by atoms with Gasteiger partial charge < -0.3 is 9.80 Å². The molecule has 1 saturated heterocycles. The summed E-state index contributed by atoms with van der Waals surface area (Å²) < 4.78 is 28.7. The molecule has 7 heteroatoms. The number of anilines is 2. The second kappa shape index (κ2) is 6.49. The fourth-order valence-corrected chi connectivity index (χ4v) is 3.47. The van der Waals surface area contributed by atoms with Crippen molar-refractivity contribution < 1.29 is 8.78 Å². The molecule has 0 spiro atoms. The minimum atomic E-state index is -0.694. The lowest BCUT2D eigenvalue weighted by molar-refractivity contribution is 0.610. The van der Waals surface area contributed by atoms with E-state index < -0.39 is 11.4 Å². The fourth-order valence-electron chi connectivity index (χ4n) is 3.00. The van der Waals surface area contributed by atoms with Crippen molar-refractivity contribution in [2.75, 3.05) is 16.5 Å². The van der Waals surface area contributed by atoms with E-state index in [4.69, 9.17) is 29.1 Å². The van der Waals surface area contributed by atoms with Crippen LogP contribution in [0.15, 0.2) is 30.3 Å². The Morgan fingerprint density at radius 1 is 1.23 bits per heavy atom. The number of thiocarbonyl (C=S) groups is 1. The highest BCUT2D eigenvalue weighted by Crippen LogP contribution is 2.38. The molecule has 1 heterocycles. The van der Waals surface area contributed by atoms with Gasteiger partial charge in [-0.1, -0.05) is 29.9 Å². The van der Waals surface area contributed by atoms with Gasteiger partial charge in [0.15, 0.2) is 5.82 Å². The molecule has 1 aliphatic rings. The number of rotatable bonds is 2. The van der Waals surface area contributed by atoms with E-state index in [2.05, 4.69) is 0 Å². The molecule has 1 fully saturated rings. The summed E-state index contributed by atoms with van der Waals surface area (Å²) in [5.41, 5.74) is 0.833. The molecule has 0 aliphatic carbocycles. The summed E-state index contributed by atoms with van der Waals surface area (Å²) in [5, 5.41) is 8.76. The minimum absolute atomic E-state index is 0.0646. The largest absolute Gasteiger partial charge is 0.342 e. The quantitative estimate of drug-likeness (QED) is 0.659. The van der Waals surface area contributed by atoms with Gasteiger partial charge in [-0.15, -0.1) is 0 Å². The van der Waals surface area contributed by atoms with Gasteiger partial charge in [0.2, 0.25) is 0 Å². The molecular formula is C19H16ClF2N3S. The van der Waals surface area contributed by atoms with Crippen molar-refractivity contribution in [1.29, 1.82) is 5.26 Å². The second-order valence-electron chi connectivity index (χ2n) is 6.67. The van der Waals surface area contributed by atoms with Crippen LogP contribution in [0.4, 0.5) is 20.2 Å². The van der Waals surface area contributed by atoms with Crippen LogP contribution in [-0.4, -0.2) is 17.2 Å². The van der Waals surface area contributed by atoms with Crippen LogP contribution in [0.1, 0.15) is 25.0 Å². The first kappa shape index (κ1) is 18.6. The highest BCUT2D eigenvalue weighted by Gasteiger charge is 2.43. The number of benzene rings is 2. The average molecular weight is 392 g/mol. The molecule has 0 unspecified atom stereocenters. The van der Waals surface area contributed by atoms with E-state index in [-0.39, 0.29) is 28.8 Å². The zero-order chi connectivity index (χ0) is 19.2. The number of nitriles is 1. The van der Waals surface area contributed by atoms with Crippen LogP contribution in [0, 0.1) is 29.9 Å². The lowest BCUT2D eigenvalue weighted by Crippen LogP contribution is -2.42. The van der Waals surface area contributed by atoms with Gasteiger partial charge in [-0.3, -0.25) is 0 Å². The third-order valence-corrected chi connectivity index (χ3v) is 5.76. The summed E-state index contributed by atoms with van der Waals surface area (Å²) in [6.45, 7) is 5.74. The van der Waals surface area contributed by atoms with E-state index in [1.54, 1.807) is 17.9 Å². The highest BCUT2D eigenvalue weighted by molar-refractivity contribution is 7.80. The molecule has 2 aromatic carbocycles. The number of hydrogen-bond acceptors (Lipinski definition) is 3. The Morgan fingerprint density at radius 3 is 2.54 bits per heavy atom. The normalized spacial score (nSPS) is 16.1. The molecule has 0 radical (unpaired) electrons. The Kier molecular flexibility index (Phi) is 4.63. The summed E-state index contributed by atoms with van der Waals surface area (Å²) in [4.78, 5) is 4.01.